The van der Waals surface area contributed by atoms with Crippen molar-refractivity contribution in [3.8, 4) is 5.75 Å². The van der Waals surface area contributed by atoms with Gasteiger partial charge in [-0.3, -0.25) is 4.99 Å². The van der Waals surface area contributed by atoms with Gasteiger partial charge in [-0.25, -0.2) is 8.78 Å². The third-order valence-corrected chi connectivity index (χ3v) is 2.99. The molecule has 0 amide bonds. The van der Waals surface area contributed by atoms with Crippen LogP contribution in [0.1, 0.15) is 24.1 Å². The molecule has 0 aliphatic carbocycles. The van der Waals surface area contributed by atoms with Gasteiger partial charge in [0.15, 0.2) is 0 Å². The zero-order valence-electron chi connectivity index (χ0n) is 11.3. The van der Waals surface area contributed by atoms with Crippen LogP contribution < -0.4 is 4.74 Å². The van der Waals surface area contributed by atoms with E-state index in [1.165, 1.54) is 12.1 Å². The Hall–Kier alpha value is -2.23. The molecular weight excluding hydrogens is 260 g/mol. The number of hydrogen-bond donors (Lipinski definition) is 0. The van der Waals surface area contributed by atoms with Crippen LogP contribution >= 0.6 is 0 Å². The van der Waals surface area contributed by atoms with E-state index >= 15 is 0 Å². The second-order valence-corrected chi connectivity index (χ2v) is 4.36. The minimum atomic E-state index is -0.591. The van der Waals surface area contributed by atoms with Gasteiger partial charge in [0.1, 0.15) is 17.4 Å². The molecule has 2 rings (SSSR count). The van der Waals surface area contributed by atoms with Gasteiger partial charge in [0.05, 0.1) is 13.2 Å². The highest BCUT2D eigenvalue weighted by Gasteiger charge is 2.10. The first-order chi connectivity index (χ1) is 9.61. The molecule has 0 radical (unpaired) electrons. The SMILES string of the molecule is COc1ccccc1C=NC(C)c1ccc(F)cc1F. The van der Waals surface area contributed by atoms with E-state index in [2.05, 4.69) is 4.99 Å². The van der Waals surface area contributed by atoms with Crippen molar-refractivity contribution >= 4 is 6.21 Å². The quantitative estimate of drug-likeness (QED) is 0.768. The summed E-state index contributed by atoms with van der Waals surface area (Å²) in [6.07, 6.45) is 1.63. The largest absolute Gasteiger partial charge is 0.496 e. The number of benzene rings is 2. The van der Waals surface area contributed by atoms with Gasteiger partial charge >= 0.3 is 0 Å². The average Bonchev–Trinajstić information content (AvgIpc) is 2.45. The van der Waals surface area contributed by atoms with Crippen molar-refractivity contribution in [3.05, 3.63) is 65.2 Å². The summed E-state index contributed by atoms with van der Waals surface area (Å²) in [5, 5.41) is 0. The molecule has 0 aromatic heterocycles. The van der Waals surface area contributed by atoms with Crippen LogP contribution in [0.3, 0.4) is 0 Å². The lowest BCUT2D eigenvalue weighted by molar-refractivity contribution is 0.414. The first-order valence-electron chi connectivity index (χ1n) is 6.23. The highest BCUT2D eigenvalue weighted by atomic mass is 19.1. The molecule has 2 nitrogen and oxygen atoms in total. The van der Waals surface area contributed by atoms with Gasteiger partial charge < -0.3 is 4.74 Å². The Morgan fingerprint density at radius 3 is 2.60 bits per heavy atom. The zero-order valence-corrected chi connectivity index (χ0v) is 11.3. The maximum absolute atomic E-state index is 13.6. The van der Waals surface area contributed by atoms with Gasteiger partial charge in [0.25, 0.3) is 0 Å². The second kappa shape index (κ2) is 6.28. The summed E-state index contributed by atoms with van der Waals surface area (Å²) in [4.78, 5) is 4.30. The van der Waals surface area contributed by atoms with E-state index in [9.17, 15) is 8.78 Å². The molecule has 20 heavy (non-hydrogen) atoms. The molecule has 0 fully saturated rings. The Bertz CT molecular complexity index is 626. The summed E-state index contributed by atoms with van der Waals surface area (Å²) in [7, 11) is 1.58. The Morgan fingerprint density at radius 1 is 1.15 bits per heavy atom. The number of methoxy groups -OCH3 is 1. The predicted molar refractivity (Wildman–Crippen MR) is 75.4 cm³/mol. The van der Waals surface area contributed by atoms with Gasteiger partial charge in [-0.05, 0) is 25.1 Å². The molecular formula is C16H15F2NO. The number of hydrogen-bond acceptors (Lipinski definition) is 2. The van der Waals surface area contributed by atoms with Crippen LogP contribution in [0.2, 0.25) is 0 Å². The van der Waals surface area contributed by atoms with Crippen LogP contribution in [0.4, 0.5) is 8.78 Å². The lowest BCUT2D eigenvalue weighted by atomic mass is 10.1. The molecule has 1 atom stereocenters. The minimum absolute atomic E-state index is 0.359. The summed E-state index contributed by atoms with van der Waals surface area (Å²) in [5.74, 6) is -0.482. The highest BCUT2D eigenvalue weighted by molar-refractivity contribution is 5.83. The molecule has 0 aliphatic heterocycles. The molecule has 0 bridgehead atoms. The van der Waals surface area contributed by atoms with E-state index < -0.39 is 17.7 Å². The molecule has 2 aromatic rings. The Balaban J connectivity index is 2.22. The van der Waals surface area contributed by atoms with Crippen molar-refractivity contribution in [3.63, 3.8) is 0 Å². The number of halogens is 2. The standard InChI is InChI=1S/C16H15F2NO/c1-11(14-8-7-13(17)9-15(14)18)19-10-12-5-3-4-6-16(12)20-2/h3-11H,1-2H3. The van der Waals surface area contributed by atoms with E-state index in [1.54, 1.807) is 20.2 Å². The summed E-state index contributed by atoms with van der Waals surface area (Å²) in [6, 6.07) is 10.5. The number of nitrogens with zero attached hydrogens (tertiary/aromatic N) is 1. The Labute approximate surface area is 116 Å². The smallest absolute Gasteiger partial charge is 0.131 e. The van der Waals surface area contributed by atoms with Crippen molar-refractivity contribution in [1.29, 1.82) is 0 Å². The third-order valence-electron chi connectivity index (χ3n) is 2.99. The van der Waals surface area contributed by atoms with Gasteiger partial charge in [0, 0.05) is 23.4 Å². The maximum atomic E-state index is 13.6. The Kier molecular flexibility index (Phi) is 4.45. The van der Waals surface area contributed by atoms with Crippen molar-refractivity contribution in [2.75, 3.05) is 7.11 Å². The molecule has 1 unspecified atom stereocenters. The van der Waals surface area contributed by atoms with Crippen LogP contribution in [0.25, 0.3) is 0 Å². The van der Waals surface area contributed by atoms with Crippen LogP contribution in [0.15, 0.2) is 47.5 Å². The monoisotopic (exact) mass is 275 g/mol. The fraction of sp³-hybridized carbons (Fsp3) is 0.188. The molecule has 4 heteroatoms. The lowest BCUT2D eigenvalue weighted by Crippen LogP contribution is -1.97. The van der Waals surface area contributed by atoms with Crippen LogP contribution in [-0.2, 0) is 0 Å². The third kappa shape index (κ3) is 3.20. The summed E-state index contributed by atoms with van der Waals surface area (Å²) in [6.45, 7) is 1.75. The predicted octanol–water partition coefficient (Wildman–Crippen LogP) is 4.15. The minimum Gasteiger partial charge on any atom is -0.496 e. The summed E-state index contributed by atoms with van der Waals surface area (Å²) >= 11 is 0. The second-order valence-electron chi connectivity index (χ2n) is 4.36. The fourth-order valence-corrected chi connectivity index (χ4v) is 1.89. The number of para-hydroxylation sites is 1. The summed E-state index contributed by atoms with van der Waals surface area (Å²) < 4.78 is 31.7. The molecule has 0 spiro atoms. The average molecular weight is 275 g/mol. The fourth-order valence-electron chi connectivity index (χ4n) is 1.89. The van der Waals surface area contributed by atoms with Crippen LogP contribution in [-0.4, -0.2) is 13.3 Å². The molecule has 0 aliphatic rings. The number of rotatable bonds is 4. The maximum Gasteiger partial charge on any atom is 0.131 e. The molecule has 104 valence electrons. The van der Waals surface area contributed by atoms with Gasteiger partial charge in [0.2, 0.25) is 0 Å². The first kappa shape index (κ1) is 14.2. The lowest BCUT2D eigenvalue weighted by Gasteiger charge is -2.09. The van der Waals surface area contributed by atoms with Crippen LogP contribution in [0, 0.1) is 11.6 Å². The molecule has 0 saturated carbocycles. The zero-order chi connectivity index (χ0) is 14.5. The van der Waals surface area contributed by atoms with Crippen molar-refractivity contribution in [2.24, 2.45) is 4.99 Å². The van der Waals surface area contributed by atoms with Gasteiger partial charge in [-0.2, -0.15) is 0 Å². The van der Waals surface area contributed by atoms with Crippen LogP contribution in [0.5, 0.6) is 5.75 Å². The number of ether oxygens (including phenoxy) is 1. The van der Waals surface area contributed by atoms with E-state index in [0.29, 0.717) is 11.3 Å². The first-order valence-corrected chi connectivity index (χ1v) is 6.23. The van der Waals surface area contributed by atoms with Gasteiger partial charge in [-0.15, -0.1) is 0 Å². The molecule has 2 aromatic carbocycles. The highest BCUT2D eigenvalue weighted by Crippen LogP contribution is 2.22. The van der Waals surface area contributed by atoms with Crippen molar-refractivity contribution < 1.29 is 13.5 Å². The molecule has 0 saturated heterocycles. The van der Waals surface area contributed by atoms with Crippen molar-refractivity contribution in [1.82, 2.24) is 0 Å². The number of aliphatic imine (C=N–C) groups is 1. The Morgan fingerprint density at radius 2 is 1.90 bits per heavy atom. The summed E-state index contributed by atoms with van der Waals surface area (Å²) in [5.41, 5.74) is 1.17. The molecule has 0 N–H and O–H groups in total. The van der Waals surface area contributed by atoms with E-state index in [4.69, 9.17) is 4.74 Å². The van der Waals surface area contributed by atoms with Gasteiger partial charge in [-0.1, -0.05) is 18.2 Å². The normalized spacial score (nSPS) is 12.6. The van der Waals surface area contributed by atoms with E-state index in [0.717, 1.165) is 11.6 Å². The van der Waals surface area contributed by atoms with E-state index in [1.807, 2.05) is 24.3 Å². The topological polar surface area (TPSA) is 21.6 Å². The van der Waals surface area contributed by atoms with E-state index in [-0.39, 0.29) is 0 Å². The van der Waals surface area contributed by atoms with Crippen molar-refractivity contribution in [2.45, 2.75) is 13.0 Å². The molecule has 0 heterocycles.